The summed E-state index contributed by atoms with van der Waals surface area (Å²) in [6.45, 7) is 6.30. The first-order valence-corrected chi connectivity index (χ1v) is 5.85. The minimum atomic E-state index is 0.297. The first-order valence-electron chi connectivity index (χ1n) is 5.85. The summed E-state index contributed by atoms with van der Waals surface area (Å²) in [5.74, 6) is 0. The van der Waals surface area contributed by atoms with Gasteiger partial charge in [-0.25, -0.2) is 0 Å². The Morgan fingerprint density at radius 1 is 1.60 bits per heavy atom. The molecule has 0 saturated carbocycles. The van der Waals surface area contributed by atoms with Crippen LogP contribution in [0.3, 0.4) is 0 Å². The molecule has 1 heterocycles. The van der Waals surface area contributed by atoms with Crippen LogP contribution in [-0.2, 0) is 4.74 Å². The second-order valence-corrected chi connectivity index (χ2v) is 4.47. The van der Waals surface area contributed by atoms with Gasteiger partial charge in [0, 0.05) is 39.4 Å². The van der Waals surface area contributed by atoms with Crippen molar-refractivity contribution in [1.29, 1.82) is 0 Å². The van der Waals surface area contributed by atoms with Gasteiger partial charge in [0.15, 0.2) is 0 Å². The van der Waals surface area contributed by atoms with Crippen LogP contribution in [0.1, 0.15) is 26.2 Å². The van der Waals surface area contributed by atoms with Gasteiger partial charge >= 0.3 is 0 Å². The second kappa shape index (κ2) is 6.99. The molecule has 0 aromatic rings. The Morgan fingerprint density at radius 2 is 2.40 bits per heavy atom. The number of nitrogens with two attached hydrogens (primary N) is 1. The molecule has 0 aromatic carbocycles. The fourth-order valence-corrected chi connectivity index (χ4v) is 2.06. The highest BCUT2D eigenvalue weighted by Gasteiger charge is 2.13. The Hall–Kier alpha value is -0.380. The monoisotopic (exact) mass is 212 g/mol. The smallest absolute Gasteiger partial charge is 0.0462 e. The Morgan fingerprint density at radius 3 is 3.07 bits per heavy atom. The lowest BCUT2D eigenvalue weighted by Crippen LogP contribution is -2.40. The standard InChI is InChI=1S/C12H24N2O/c1-11-5-3-7-14(9-11)10-12(13)6-4-8-15-2/h5,12H,3-4,6-10,13H2,1-2H3. The van der Waals surface area contributed by atoms with Crippen molar-refractivity contribution >= 4 is 0 Å². The van der Waals surface area contributed by atoms with Crippen molar-refractivity contribution < 1.29 is 4.74 Å². The molecule has 1 unspecified atom stereocenters. The fourth-order valence-electron chi connectivity index (χ4n) is 2.06. The Balaban J connectivity index is 2.14. The molecule has 0 aromatic heterocycles. The van der Waals surface area contributed by atoms with Gasteiger partial charge in [0.2, 0.25) is 0 Å². The van der Waals surface area contributed by atoms with Gasteiger partial charge in [-0.3, -0.25) is 4.90 Å². The van der Waals surface area contributed by atoms with Crippen molar-refractivity contribution in [1.82, 2.24) is 4.90 Å². The van der Waals surface area contributed by atoms with Crippen molar-refractivity contribution in [3.8, 4) is 0 Å². The molecule has 0 bridgehead atoms. The van der Waals surface area contributed by atoms with Gasteiger partial charge in [0.1, 0.15) is 0 Å². The van der Waals surface area contributed by atoms with E-state index in [1.165, 1.54) is 12.0 Å². The molecule has 1 aliphatic heterocycles. The second-order valence-electron chi connectivity index (χ2n) is 4.47. The Bertz CT molecular complexity index is 204. The molecule has 3 heteroatoms. The predicted octanol–water partition coefficient (Wildman–Crippen LogP) is 1.39. The zero-order valence-electron chi connectivity index (χ0n) is 10.0. The molecule has 0 radical (unpaired) electrons. The molecule has 1 rings (SSSR count). The van der Waals surface area contributed by atoms with Crippen LogP contribution in [0.5, 0.6) is 0 Å². The van der Waals surface area contributed by atoms with Crippen molar-refractivity contribution in [2.24, 2.45) is 5.73 Å². The summed E-state index contributed by atoms with van der Waals surface area (Å²) >= 11 is 0. The number of ether oxygens (including phenoxy) is 1. The van der Waals surface area contributed by atoms with Crippen molar-refractivity contribution in [3.63, 3.8) is 0 Å². The number of rotatable bonds is 6. The van der Waals surface area contributed by atoms with Crippen LogP contribution in [0.25, 0.3) is 0 Å². The zero-order valence-corrected chi connectivity index (χ0v) is 10.0. The average molecular weight is 212 g/mol. The van der Waals surface area contributed by atoms with E-state index in [9.17, 15) is 0 Å². The largest absolute Gasteiger partial charge is 0.385 e. The summed E-state index contributed by atoms with van der Waals surface area (Å²) < 4.78 is 5.02. The van der Waals surface area contributed by atoms with E-state index < -0.39 is 0 Å². The molecule has 1 aliphatic rings. The first kappa shape index (κ1) is 12.7. The molecule has 0 saturated heterocycles. The van der Waals surface area contributed by atoms with Gasteiger partial charge < -0.3 is 10.5 Å². The average Bonchev–Trinajstić information content (AvgIpc) is 2.18. The molecular weight excluding hydrogens is 188 g/mol. The van der Waals surface area contributed by atoms with Crippen LogP contribution < -0.4 is 5.73 Å². The lowest BCUT2D eigenvalue weighted by Gasteiger charge is -2.28. The van der Waals surface area contributed by atoms with Crippen LogP contribution in [0.4, 0.5) is 0 Å². The van der Waals surface area contributed by atoms with Gasteiger partial charge in [-0.2, -0.15) is 0 Å². The van der Waals surface area contributed by atoms with E-state index in [1.807, 2.05) is 0 Å². The molecule has 15 heavy (non-hydrogen) atoms. The molecule has 0 aliphatic carbocycles. The van der Waals surface area contributed by atoms with Crippen LogP contribution in [0.2, 0.25) is 0 Å². The van der Waals surface area contributed by atoms with E-state index in [4.69, 9.17) is 10.5 Å². The maximum Gasteiger partial charge on any atom is 0.0462 e. The first-order chi connectivity index (χ1) is 7.22. The third kappa shape index (κ3) is 5.30. The summed E-state index contributed by atoms with van der Waals surface area (Å²) in [5.41, 5.74) is 7.55. The Kier molecular flexibility index (Phi) is 5.91. The summed E-state index contributed by atoms with van der Waals surface area (Å²) in [6.07, 6.45) is 5.64. The SMILES string of the molecule is COCCCC(N)CN1CCC=C(C)C1. The van der Waals surface area contributed by atoms with Gasteiger partial charge in [-0.15, -0.1) is 0 Å². The molecule has 3 nitrogen and oxygen atoms in total. The third-order valence-corrected chi connectivity index (χ3v) is 2.83. The highest BCUT2D eigenvalue weighted by molar-refractivity contribution is 5.04. The van der Waals surface area contributed by atoms with Crippen LogP contribution in [0, 0.1) is 0 Å². The lowest BCUT2D eigenvalue weighted by atomic mass is 10.1. The summed E-state index contributed by atoms with van der Waals surface area (Å²) in [7, 11) is 1.74. The van der Waals surface area contributed by atoms with E-state index in [0.717, 1.165) is 39.1 Å². The van der Waals surface area contributed by atoms with Crippen LogP contribution in [0.15, 0.2) is 11.6 Å². The number of nitrogens with zero attached hydrogens (tertiary/aromatic N) is 1. The van der Waals surface area contributed by atoms with Crippen molar-refractivity contribution in [2.45, 2.75) is 32.2 Å². The minimum Gasteiger partial charge on any atom is -0.385 e. The molecular formula is C12H24N2O. The van der Waals surface area contributed by atoms with E-state index in [0.29, 0.717) is 6.04 Å². The summed E-state index contributed by atoms with van der Waals surface area (Å²) in [6, 6.07) is 0.297. The molecule has 0 spiro atoms. The zero-order chi connectivity index (χ0) is 11.1. The quantitative estimate of drug-likeness (QED) is 0.534. The molecule has 0 amide bonds. The predicted molar refractivity (Wildman–Crippen MR) is 63.9 cm³/mol. The van der Waals surface area contributed by atoms with E-state index in [-0.39, 0.29) is 0 Å². The molecule has 0 fully saturated rings. The minimum absolute atomic E-state index is 0.297. The maximum atomic E-state index is 6.07. The highest BCUT2D eigenvalue weighted by atomic mass is 16.5. The number of hydrogen-bond acceptors (Lipinski definition) is 3. The number of hydrogen-bond donors (Lipinski definition) is 1. The van der Waals surface area contributed by atoms with Crippen molar-refractivity contribution in [2.75, 3.05) is 33.4 Å². The van der Waals surface area contributed by atoms with Crippen LogP contribution in [-0.4, -0.2) is 44.3 Å². The van der Waals surface area contributed by atoms with Gasteiger partial charge in [0.05, 0.1) is 0 Å². The van der Waals surface area contributed by atoms with Crippen LogP contribution >= 0.6 is 0 Å². The summed E-state index contributed by atoms with van der Waals surface area (Å²) in [5, 5.41) is 0. The molecule has 88 valence electrons. The summed E-state index contributed by atoms with van der Waals surface area (Å²) in [4.78, 5) is 2.45. The van der Waals surface area contributed by atoms with Gasteiger partial charge in [-0.1, -0.05) is 11.6 Å². The lowest BCUT2D eigenvalue weighted by molar-refractivity contribution is 0.185. The fraction of sp³-hybridized carbons (Fsp3) is 0.833. The normalized spacial score (nSPS) is 20.1. The van der Waals surface area contributed by atoms with E-state index in [1.54, 1.807) is 7.11 Å². The Labute approximate surface area is 93.3 Å². The maximum absolute atomic E-state index is 6.07. The number of methoxy groups -OCH3 is 1. The van der Waals surface area contributed by atoms with Crippen molar-refractivity contribution in [3.05, 3.63) is 11.6 Å². The van der Waals surface area contributed by atoms with E-state index >= 15 is 0 Å². The van der Waals surface area contributed by atoms with Gasteiger partial charge in [0.25, 0.3) is 0 Å². The highest BCUT2D eigenvalue weighted by Crippen LogP contribution is 2.09. The molecule has 2 N–H and O–H groups in total. The van der Waals surface area contributed by atoms with Gasteiger partial charge in [-0.05, 0) is 26.2 Å². The topological polar surface area (TPSA) is 38.5 Å². The third-order valence-electron chi connectivity index (χ3n) is 2.83. The van der Waals surface area contributed by atoms with E-state index in [2.05, 4.69) is 17.9 Å². The molecule has 1 atom stereocenters.